The first kappa shape index (κ1) is 25.1. The Balaban J connectivity index is 1.25. The molecule has 0 aliphatic carbocycles. The van der Waals surface area contributed by atoms with Gasteiger partial charge in [-0.3, -0.25) is 19.4 Å². The Labute approximate surface area is 203 Å². The van der Waals surface area contributed by atoms with E-state index in [9.17, 15) is 18.0 Å². The van der Waals surface area contributed by atoms with Crippen LogP contribution in [0.1, 0.15) is 39.0 Å². The number of benzene rings is 1. The summed E-state index contributed by atoms with van der Waals surface area (Å²) in [6.45, 7) is 8.22. The summed E-state index contributed by atoms with van der Waals surface area (Å²) in [5.41, 5.74) is 0.587. The zero-order valence-electron chi connectivity index (χ0n) is 20.1. The zero-order chi connectivity index (χ0) is 24.1. The molecule has 3 heterocycles. The summed E-state index contributed by atoms with van der Waals surface area (Å²) in [6.07, 6.45) is 5.07. The zero-order valence-corrected chi connectivity index (χ0v) is 20.9. The number of piperidine rings is 1. The Hall–Kier alpha value is -2.01. The summed E-state index contributed by atoms with van der Waals surface area (Å²) in [5.74, 6) is 0.0933. The molecule has 0 aromatic heterocycles. The Bertz CT molecular complexity index is 948. The number of hydrogen-bond donors (Lipinski definition) is 1. The highest BCUT2D eigenvalue weighted by Gasteiger charge is 2.29. The number of sulfonamides is 1. The highest BCUT2D eigenvalue weighted by atomic mass is 32.2. The maximum Gasteiger partial charge on any atom is 0.243 e. The second kappa shape index (κ2) is 11.2. The molecule has 9 nitrogen and oxygen atoms in total. The van der Waals surface area contributed by atoms with E-state index in [1.165, 1.54) is 0 Å². The number of nitrogens with zero attached hydrogens (tertiary/aromatic N) is 4. The minimum atomic E-state index is -3.48. The lowest BCUT2D eigenvalue weighted by Gasteiger charge is -2.37. The molecule has 3 fully saturated rings. The van der Waals surface area contributed by atoms with E-state index in [0.29, 0.717) is 25.3 Å². The predicted molar refractivity (Wildman–Crippen MR) is 131 cm³/mol. The van der Waals surface area contributed by atoms with Crippen LogP contribution in [0.5, 0.6) is 0 Å². The highest BCUT2D eigenvalue weighted by Crippen LogP contribution is 2.22. The number of carbonyl (C=O) groups excluding carboxylic acids is 2. The van der Waals surface area contributed by atoms with Gasteiger partial charge in [-0.05, 0) is 56.9 Å². The number of nitrogens with one attached hydrogen (secondary N) is 1. The van der Waals surface area contributed by atoms with E-state index < -0.39 is 10.0 Å². The molecule has 2 amide bonds. The largest absolute Gasteiger partial charge is 0.342 e. The van der Waals surface area contributed by atoms with Gasteiger partial charge in [-0.1, -0.05) is 6.42 Å². The molecule has 4 rings (SSSR count). The number of likely N-dealkylation sites (tertiary alicyclic amines) is 1. The van der Waals surface area contributed by atoms with Crippen LogP contribution in [0.3, 0.4) is 0 Å². The predicted octanol–water partition coefficient (Wildman–Crippen LogP) is 1.43. The molecular formula is C24H37N5O4S. The van der Waals surface area contributed by atoms with Crippen molar-refractivity contribution in [2.45, 2.75) is 50.0 Å². The van der Waals surface area contributed by atoms with Crippen molar-refractivity contribution in [1.82, 2.24) is 19.0 Å². The molecule has 1 aromatic carbocycles. The summed E-state index contributed by atoms with van der Waals surface area (Å²) in [5, 5.41) is 2.91. The Morgan fingerprint density at radius 3 is 2.06 bits per heavy atom. The van der Waals surface area contributed by atoms with E-state index in [2.05, 4.69) is 15.1 Å². The molecule has 0 unspecified atom stereocenters. The van der Waals surface area contributed by atoms with Gasteiger partial charge in [-0.2, -0.15) is 4.31 Å². The summed E-state index contributed by atoms with van der Waals surface area (Å²) in [6, 6.07) is 6.14. The third-order valence-corrected chi connectivity index (χ3v) is 9.14. The van der Waals surface area contributed by atoms with Crippen molar-refractivity contribution < 1.29 is 18.0 Å². The molecule has 1 atom stereocenters. The van der Waals surface area contributed by atoms with Crippen LogP contribution in [0.25, 0.3) is 0 Å². The van der Waals surface area contributed by atoms with E-state index in [4.69, 9.17) is 0 Å². The number of carbonyl (C=O) groups is 2. The second-order valence-corrected chi connectivity index (χ2v) is 11.5. The van der Waals surface area contributed by atoms with Crippen LogP contribution >= 0.6 is 0 Å². The van der Waals surface area contributed by atoms with Crippen LogP contribution in [0.2, 0.25) is 0 Å². The van der Waals surface area contributed by atoms with Crippen molar-refractivity contribution in [1.29, 1.82) is 0 Å². The molecule has 0 spiro atoms. The summed E-state index contributed by atoms with van der Waals surface area (Å²) >= 11 is 0. The van der Waals surface area contributed by atoms with Gasteiger partial charge in [0.2, 0.25) is 21.8 Å². The average Bonchev–Trinajstić information content (AvgIpc) is 3.40. The highest BCUT2D eigenvalue weighted by molar-refractivity contribution is 7.89. The smallest absolute Gasteiger partial charge is 0.243 e. The van der Waals surface area contributed by atoms with Crippen LogP contribution < -0.4 is 5.32 Å². The van der Waals surface area contributed by atoms with E-state index in [1.807, 2.05) is 11.8 Å². The number of anilines is 1. The molecule has 3 aliphatic rings. The minimum Gasteiger partial charge on any atom is -0.342 e. The fraction of sp³-hybridized carbons (Fsp3) is 0.667. The lowest BCUT2D eigenvalue weighted by Crippen LogP contribution is -2.54. The molecule has 3 saturated heterocycles. The summed E-state index contributed by atoms with van der Waals surface area (Å²) < 4.78 is 27.2. The molecule has 0 saturated carbocycles. The molecular weight excluding hydrogens is 454 g/mol. The van der Waals surface area contributed by atoms with Crippen molar-refractivity contribution in [3.05, 3.63) is 24.3 Å². The fourth-order valence-corrected chi connectivity index (χ4v) is 6.46. The molecule has 1 aromatic rings. The van der Waals surface area contributed by atoms with Gasteiger partial charge in [0, 0.05) is 58.0 Å². The first-order chi connectivity index (χ1) is 16.3. The van der Waals surface area contributed by atoms with Gasteiger partial charge in [0.15, 0.2) is 0 Å². The Morgan fingerprint density at radius 2 is 1.44 bits per heavy atom. The van der Waals surface area contributed by atoms with E-state index in [1.54, 1.807) is 28.6 Å². The summed E-state index contributed by atoms with van der Waals surface area (Å²) in [4.78, 5) is 31.7. The lowest BCUT2D eigenvalue weighted by atomic mass is 10.2. The second-order valence-electron chi connectivity index (χ2n) is 9.55. The molecule has 0 bridgehead atoms. The van der Waals surface area contributed by atoms with Gasteiger partial charge in [0.1, 0.15) is 0 Å². The van der Waals surface area contributed by atoms with Crippen LogP contribution in [0.15, 0.2) is 29.2 Å². The van der Waals surface area contributed by atoms with Crippen molar-refractivity contribution in [3.63, 3.8) is 0 Å². The molecule has 10 heteroatoms. The summed E-state index contributed by atoms with van der Waals surface area (Å²) in [7, 11) is -3.48. The molecule has 34 heavy (non-hydrogen) atoms. The Morgan fingerprint density at radius 1 is 0.853 bits per heavy atom. The SMILES string of the molecule is C[C@H](C(=O)Nc1ccc(S(=O)(=O)N2CCCCC2)cc1)N1CCN(CC(=O)N2CCCC2)CC1. The quantitative estimate of drug-likeness (QED) is 0.620. The standard InChI is InChI=1S/C24H37N5O4S/c1-20(27-17-15-26(16-18-27)19-23(30)28-11-5-6-12-28)24(31)25-21-7-9-22(10-8-21)34(32,33)29-13-3-2-4-14-29/h7-10,20H,2-6,11-19H2,1H3,(H,25,31)/t20-/m1/s1. The fourth-order valence-electron chi connectivity index (χ4n) is 4.94. The third kappa shape index (κ3) is 5.97. The van der Waals surface area contributed by atoms with Gasteiger partial charge in [-0.15, -0.1) is 0 Å². The van der Waals surface area contributed by atoms with Crippen LogP contribution in [-0.4, -0.2) is 104 Å². The number of piperazine rings is 1. The first-order valence-corrected chi connectivity index (χ1v) is 13.9. The monoisotopic (exact) mass is 491 g/mol. The number of hydrogen-bond acceptors (Lipinski definition) is 6. The number of amides is 2. The van der Waals surface area contributed by atoms with Crippen LogP contribution in [0, 0.1) is 0 Å². The van der Waals surface area contributed by atoms with Crippen molar-refractivity contribution in [2.24, 2.45) is 0 Å². The lowest BCUT2D eigenvalue weighted by molar-refractivity contribution is -0.132. The van der Waals surface area contributed by atoms with E-state index >= 15 is 0 Å². The van der Waals surface area contributed by atoms with Crippen LogP contribution in [0.4, 0.5) is 5.69 Å². The molecule has 188 valence electrons. The minimum absolute atomic E-state index is 0.117. The van der Waals surface area contributed by atoms with Gasteiger partial charge in [-0.25, -0.2) is 8.42 Å². The van der Waals surface area contributed by atoms with Crippen LogP contribution in [-0.2, 0) is 19.6 Å². The van der Waals surface area contributed by atoms with E-state index in [-0.39, 0.29) is 22.8 Å². The molecule has 1 N–H and O–H groups in total. The van der Waals surface area contributed by atoms with Crippen molar-refractivity contribution >= 4 is 27.5 Å². The number of rotatable bonds is 7. The maximum absolute atomic E-state index is 12.8. The maximum atomic E-state index is 12.8. The van der Waals surface area contributed by atoms with Gasteiger partial charge in [0.25, 0.3) is 0 Å². The average molecular weight is 492 g/mol. The van der Waals surface area contributed by atoms with Crippen molar-refractivity contribution in [3.8, 4) is 0 Å². The normalized spacial score (nSPS) is 22.0. The van der Waals surface area contributed by atoms with Gasteiger partial charge >= 0.3 is 0 Å². The molecule has 3 aliphatic heterocycles. The van der Waals surface area contributed by atoms with Gasteiger partial charge < -0.3 is 10.2 Å². The van der Waals surface area contributed by atoms with Crippen molar-refractivity contribution in [2.75, 3.05) is 64.2 Å². The van der Waals surface area contributed by atoms with Gasteiger partial charge in [0.05, 0.1) is 17.5 Å². The third-order valence-electron chi connectivity index (χ3n) is 7.23. The first-order valence-electron chi connectivity index (χ1n) is 12.5. The van der Waals surface area contributed by atoms with E-state index in [0.717, 1.165) is 71.4 Å². The Kier molecular flexibility index (Phi) is 8.23. The molecule has 0 radical (unpaired) electrons. The topological polar surface area (TPSA) is 93.3 Å².